The summed E-state index contributed by atoms with van der Waals surface area (Å²) in [4.78, 5) is 19.0. The van der Waals surface area contributed by atoms with Crippen LogP contribution in [0.2, 0.25) is 0 Å². The summed E-state index contributed by atoms with van der Waals surface area (Å²) in [7, 11) is -3.43. The Hall–Kier alpha value is -2.15. The molecule has 1 fully saturated rings. The van der Waals surface area contributed by atoms with E-state index in [9.17, 15) is 13.2 Å². The molecule has 0 spiro atoms. The van der Waals surface area contributed by atoms with E-state index in [0.717, 1.165) is 31.2 Å². The topological polar surface area (TPSA) is 80.5 Å². The Balaban J connectivity index is 1.82. The fourth-order valence-electron chi connectivity index (χ4n) is 3.30. The summed E-state index contributed by atoms with van der Waals surface area (Å²) in [5, 5.41) is 0. The van der Waals surface area contributed by atoms with E-state index >= 15 is 0 Å². The minimum atomic E-state index is -3.43. The minimum absolute atomic E-state index is 0.195. The van der Waals surface area contributed by atoms with Crippen molar-refractivity contribution >= 4 is 21.4 Å². The zero-order valence-corrected chi connectivity index (χ0v) is 14.2. The maximum atomic E-state index is 13.1. The van der Waals surface area contributed by atoms with Gasteiger partial charge in [-0.25, -0.2) is 13.4 Å². The number of aryl methyl sites for hydroxylation is 1. The maximum Gasteiger partial charge on any atom is 0.296 e. The molecular weight excluding hydrogens is 328 g/mol. The van der Waals surface area contributed by atoms with E-state index in [0.29, 0.717) is 17.9 Å². The van der Waals surface area contributed by atoms with Crippen molar-refractivity contribution in [2.45, 2.75) is 36.5 Å². The first-order valence-corrected chi connectivity index (χ1v) is 9.93. The van der Waals surface area contributed by atoms with Crippen LogP contribution in [0.3, 0.4) is 0 Å². The highest BCUT2D eigenvalue weighted by atomic mass is 32.2. The fraction of sp³-hybridized carbons (Fsp3) is 0.412. The van der Waals surface area contributed by atoms with Gasteiger partial charge in [0.1, 0.15) is 0 Å². The van der Waals surface area contributed by atoms with Crippen molar-refractivity contribution in [1.29, 1.82) is 0 Å². The number of anilines is 1. The number of oxazole rings is 1. The molecule has 0 bridgehead atoms. The Bertz CT molecular complexity index is 912. The molecule has 1 aromatic carbocycles. The number of hydrogen-bond donors (Lipinski definition) is 0. The van der Waals surface area contributed by atoms with Crippen LogP contribution in [-0.4, -0.2) is 32.1 Å². The third kappa shape index (κ3) is 2.53. The van der Waals surface area contributed by atoms with Crippen molar-refractivity contribution in [2.75, 3.05) is 17.7 Å². The molecule has 6 nitrogen and oxygen atoms in total. The zero-order valence-electron chi connectivity index (χ0n) is 13.4. The van der Waals surface area contributed by atoms with E-state index in [1.54, 1.807) is 17.0 Å². The van der Waals surface area contributed by atoms with Gasteiger partial charge >= 0.3 is 0 Å². The molecule has 1 amide bonds. The fourth-order valence-corrected chi connectivity index (χ4v) is 4.22. The van der Waals surface area contributed by atoms with Gasteiger partial charge in [0, 0.05) is 18.7 Å². The van der Waals surface area contributed by atoms with E-state index < -0.39 is 9.84 Å². The molecule has 1 aliphatic carbocycles. The molecule has 4 rings (SSSR count). The van der Waals surface area contributed by atoms with Crippen LogP contribution in [0.1, 0.15) is 47.0 Å². The molecule has 0 unspecified atom stereocenters. The Labute approximate surface area is 140 Å². The average molecular weight is 346 g/mol. The Morgan fingerprint density at radius 1 is 1.33 bits per heavy atom. The lowest BCUT2D eigenvalue weighted by Crippen LogP contribution is -2.37. The van der Waals surface area contributed by atoms with E-state index in [4.69, 9.17) is 4.42 Å². The van der Waals surface area contributed by atoms with E-state index in [-0.39, 0.29) is 22.5 Å². The second-order valence-electron chi connectivity index (χ2n) is 6.44. The van der Waals surface area contributed by atoms with Crippen LogP contribution in [0.4, 0.5) is 5.69 Å². The summed E-state index contributed by atoms with van der Waals surface area (Å²) in [6, 6.07) is 5.17. The van der Waals surface area contributed by atoms with Gasteiger partial charge in [-0.05, 0) is 37.3 Å². The van der Waals surface area contributed by atoms with Crippen molar-refractivity contribution < 1.29 is 17.6 Å². The lowest BCUT2D eigenvalue weighted by atomic mass is 10.0. The molecule has 2 aromatic rings. The number of sulfone groups is 1. The van der Waals surface area contributed by atoms with Crippen LogP contribution in [0, 0.1) is 0 Å². The summed E-state index contributed by atoms with van der Waals surface area (Å²) < 4.78 is 29.7. The molecule has 0 atom stereocenters. The van der Waals surface area contributed by atoms with Gasteiger partial charge in [0.2, 0.25) is 5.76 Å². The van der Waals surface area contributed by atoms with Crippen LogP contribution >= 0.6 is 0 Å². The number of fused-ring (bicyclic) bond motifs is 1. The largest absolute Gasteiger partial charge is 0.438 e. The lowest BCUT2D eigenvalue weighted by molar-refractivity contribution is 0.0956. The van der Waals surface area contributed by atoms with Crippen molar-refractivity contribution in [1.82, 2.24) is 4.98 Å². The first kappa shape index (κ1) is 15.4. The van der Waals surface area contributed by atoms with Gasteiger partial charge in [-0.2, -0.15) is 0 Å². The second-order valence-corrected chi connectivity index (χ2v) is 8.42. The predicted molar refractivity (Wildman–Crippen MR) is 88.0 cm³/mol. The first-order chi connectivity index (χ1) is 11.5. The summed E-state index contributed by atoms with van der Waals surface area (Å²) >= 11 is 0. The standard InChI is InChI=1S/C17H18N2O4S/c1-24(21,22)13-6-2-4-12-5-3-9-19(15(12)13)17(20)16-14(11-7-8-11)18-10-23-16/h2,4,6,10-11H,3,5,7-9H2,1H3. The molecule has 2 heterocycles. The first-order valence-electron chi connectivity index (χ1n) is 8.04. The summed E-state index contributed by atoms with van der Waals surface area (Å²) in [6.07, 6.45) is 6.04. The number of rotatable bonds is 3. The monoisotopic (exact) mass is 346 g/mol. The van der Waals surface area contributed by atoms with Crippen LogP contribution in [0.5, 0.6) is 0 Å². The number of hydrogen-bond acceptors (Lipinski definition) is 5. The lowest BCUT2D eigenvalue weighted by Gasteiger charge is -2.30. The number of benzene rings is 1. The number of aromatic nitrogens is 1. The molecular formula is C17H18N2O4S. The molecule has 1 aromatic heterocycles. The van der Waals surface area contributed by atoms with Gasteiger partial charge in [0.25, 0.3) is 5.91 Å². The number of amides is 1. The molecule has 24 heavy (non-hydrogen) atoms. The normalized spacial score (nSPS) is 17.6. The highest BCUT2D eigenvalue weighted by molar-refractivity contribution is 7.90. The second kappa shape index (κ2) is 5.44. The Morgan fingerprint density at radius 2 is 2.12 bits per heavy atom. The third-order valence-electron chi connectivity index (χ3n) is 4.58. The summed E-state index contributed by atoms with van der Waals surface area (Å²) in [5.74, 6) is 0.234. The predicted octanol–water partition coefficient (Wildman–Crippen LogP) is 2.55. The molecule has 126 valence electrons. The zero-order chi connectivity index (χ0) is 16.9. The summed E-state index contributed by atoms with van der Waals surface area (Å²) in [6.45, 7) is 0.475. The molecule has 2 aliphatic rings. The third-order valence-corrected chi connectivity index (χ3v) is 5.71. The van der Waals surface area contributed by atoms with Crippen LogP contribution in [0.25, 0.3) is 0 Å². The Kier molecular flexibility index (Phi) is 3.49. The van der Waals surface area contributed by atoms with Gasteiger partial charge in [0.05, 0.1) is 16.3 Å². The number of para-hydroxylation sites is 1. The smallest absolute Gasteiger partial charge is 0.296 e. The molecule has 0 radical (unpaired) electrons. The molecule has 1 saturated carbocycles. The highest BCUT2D eigenvalue weighted by Crippen LogP contribution is 2.42. The number of nitrogens with zero attached hydrogens (tertiary/aromatic N) is 2. The van der Waals surface area contributed by atoms with Crippen molar-refractivity contribution in [3.8, 4) is 0 Å². The number of carbonyl (C=O) groups is 1. The minimum Gasteiger partial charge on any atom is -0.438 e. The van der Waals surface area contributed by atoms with E-state index in [2.05, 4.69) is 4.98 Å². The molecule has 1 aliphatic heterocycles. The van der Waals surface area contributed by atoms with Crippen molar-refractivity contribution in [2.24, 2.45) is 0 Å². The molecule has 0 N–H and O–H groups in total. The maximum absolute atomic E-state index is 13.1. The van der Waals surface area contributed by atoms with Gasteiger partial charge in [-0.3, -0.25) is 4.79 Å². The Morgan fingerprint density at radius 3 is 2.83 bits per heavy atom. The SMILES string of the molecule is CS(=O)(=O)c1cccc2c1N(C(=O)c1ocnc1C1CC1)CCC2. The molecule has 0 saturated heterocycles. The van der Waals surface area contributed by atoms with Gasteiger partial charge in [0.15, 0.2) is 16.2 Å². The van der Waals surface area contributed by atoms with Crippen LogP contribution < -0.4 is 4.90 Å². The van der Waals surface area contributed by atoms with Crippen LogP contribution in [-0.2, 0) is 16.3 Å². The average Bonchev–Trinajstić information content (AvgIpc) is 3.29. The van der Waals surface area contributed by atoms with Crippen molar-refractivity contribution in [3.05, 3.63) is 41.6 Å². The van der Waals surface area contributed by atoms with E-state index in [1.807, 2.05) is 6.07 Å². The van der Waals surface area contributed by atoms with Gasteiger partial charge in [-0.1, -0.05) is 12.1 Å². The number of carbonyl (C=O) groups excluding carboxylic acids is 1. The summed E-state index contributed by atoms with van der Waals surface area (Å²) in [5.41, 5.74) is 2.07. The molecule has 7 heteroatoms. The highest BCUT2D eigenvalue weighted by Gasteiger charge is 2.36. The van der Waals surface area contributed by atoms with Gasteiger partial charge in [-0.15, -0.1) is 0 Å². The van der Waals surface area contributed by atoms with Crippen LogP contribution in [0.15, 0.2) is 33.9 Å². The van der Waals surface area contributed by atoms with Crippen molar-refractivity contribution in [3.63, 3.8) is 0 Å². The van der Waals surface area contributed by atoms with Gasteiger partial charge < -0.3 is 9.32 Å². The van der Waals surface area contributed by atoms with E-state index in [1.165, 1.54) is 12.6 Å². The quantitative estimate of drug-likeness (QED) is 0.853.